The maximum absolute atomic E-state index is 12.3. The molecule has 20 heavy (non-hydrogen) atoms. The summed E-state index contributed by atoms with van der Waals surface area (Å²) in [5, 5.41) is 0. The molecule has 102 valence electrons. The van der Waals surface area contributed by atoms with Gasteiger partial charge in [-0.15, -0.1) is 0 Å². The van der Waals surface area contributed by atoms with Gasteiger partial charge in [0.15, 0.2) is 11.6 Å². The average molecular weight is 396 g/mol. The van der Waals surface area contributed by atoms with Gasteiger partial charge < -0.3 is 0 Å². The topological polar surface area (TPSA) is 34.1 Å². The molecule has 0 unspecified atom stereocenters. The van der Waals surface area contributed by atoms with Crippen LogP contribution in [0.15, 0.2) is 60.7 Å². The Bertz CT molecular complexity index is 541. The Hall–Kier alpha value is -1.26. The van der Waals surface area contributed by atoms with E-state index >= 15 is 0 Å². The van der Waals surface area contributed by atoms with Crippen molar-refractivity contribution in [2.45, 2.75) is 9.65 Å². The van der Waals surface area contributed by atoms with Crippen LogP contribution < -0.4 is 0 Å². The first-order valence-electron chi connectivity index (χ1n) is 6.08. The Morgan fingerprint density at radius 3 is 1.25 bits per heavy atom. The molecule has 2 aromatic rings. The van der Waals surface area contributed by atoms with E-state index in [1.807, 2.05) is 12.1 Å². The van der Waals surface area contributed by atoms with Crippen molar-refractivity contribution in [3.8, 4) is 0 Å². The molecule has 0 N–H and O–H groups in total. The molecule has 0 saturated carbocycles. The number of halogens is 2. The summed E-state index contributed by atoms with van der Waals surface area (Å²) >= 11 is 6.65. The van der Waals surface area contributed by atoms with Crippen LogP contribution in [0.5, 0.6) is 0 Å². The Kier molecular flexibility index (Phi) is 5.26. The first-order valence-corrected chi connectivity index (χ1v) is 7.91. The van der Waals surface area contributed by atoms with Crippen molar-refractivity contribution in [1.29, 1.82) is 0 Å². The maximum atomic E-state index is 12.3. The molecule has 0 radical (unpaired) electrons. The van der Waals surface area contributed by atoms with E-state index in [0.29, 0.717) is 11.1 Å². The number of ketones is 2. The number of rotatable bonds is 5. The molecule has 0 aliphatic heterocycles. The van der Waals surface area contributed by atoms with Gasteiger partial charge in [-0.05, 0) is 0 Å². The van der Waals surface area contributed by atoms with E-state index in [2.05, 4.69) is 31.9 Å². The minimum atomic E-state index is -0.599. The molecule has 2 aromatic carbocycles. The van der Waals surface area contributed by atoms with Crippen molar-refractivity contribution < 1.29 is 9.59 Å². The van der Waals surface area contributed by atoms with Crippen LogP contribution in [-0.4, -0.2) is 21.2 Å². The van der Waals surface area contributed by atoms with Gasteiger partial charge >= 0.3 is 0 Å². The monoisotopic (exact) mass is 394 g/mol. The number of Topliss-reactive ketones (excluding diaryl/α,β-unsaturated/α-hetero) is 2. The second-order valence-electron chi connectivity index (χ2n) is 4.26. The zero-order chi connectivity index (χ0) is 14.5. The molecule has 2 rings (SSSR count). The number of carbonyl (C=O) groups excluding carboxylic acids is 2. The van der Waals surface area contributed by atoms with E-state index in [9.17, 15) is 9.59 Å². The molecule has 0 aromatic heterocycles. The Labute approximate surface area is 134 Å². The molecule has 0 heterocycles. The third kappa shape index (κ3) is 3.44. The second-order valence-corrected chi connectivity index (χ2v) is 6.24. The lowest BCUT2D eigenvalue weighted by Gasteiger charge is -2.15. The van der Waals surface area contributed by atoms with Crippen molar-refractivity contribution in [3.05, 3.63) is 71.8 Å². The van der Waals surface area contributed by atoms with Crippen LogP contribution in [0.1, 0.15) is 20.7 Å². The SMILES string of the molecule is O=C(c1ccccc1)[C@@H](Br)[C@H](Br)C(=O)c1ccccc1. The Balaban J connectivity index is 2.15. The predicted octanol–water partition coefficient (Wildman–Crippen LogP) is 4.28. The van der Waals surface area contributed by atoms with E-state index < -0.39 is 9.65 Å². The van der Waals surface area contributed by atoms with Crippen molar-refractivity contribution in [2.24, 2.45) is 0 Å². The average Bonchev–Trinajstić information content (AvgIpc) is 2.53. The third-order valence-corrected chi connectivity index (χ3v) is 5.47. The molecule has 4 heteroatoms. The highest BCUT2D eigenvalue weighted by molar-refractivity contribution is 9.12. The maximum Gasteiger partial charge on any atom is 0.178 e. The minimum absolute atomic E-state index is 0.114. The molecule has 0 amide bonds. The largest absolute Gasteiger partial charge is 0.293 e. The van der Waals surface area contributed by atoms with Gasteiger partial charge in [0.1, 0.15) is 0 Å². The van der Waals surface area contributed by atoms with Crippen LogP contribution in [0, 0.1) is 0 Å². The molecule has 2 atom stereocenters. The zero-order valence-electron chi connectivity index (χ0n) is 10.5. The Morgan fingerprint density at radius 1 is 0.650 bits per heavy atom. The summed E-state index contributed by atoms with van der Waals surface area (Å²) in [5.74, 6) is -0.228. The molecule has 0 fully saturated rings. The van der Waals surface area contributed by atoms with Crippen LogP contribution in [-0.2, 0) is 0 Å². The van der Waals surface area contributed by atoms with Crippen LogP contribution >= 0.6 is 31.9 Å². The van der Waals surface area contributed by atoms with Crippen molar-refractivity contribution in [2.75, 3.05) is 0 Å². The lowest BCUT2D eigenvalue weighted by Crippen LogP contribution is -2.31. The molecular weight excluding hydrogens is 384 g/mol. The zero-order valence-corrected chi connectivity index (χ0v) is 13.7. The Morgan fingerprint density at radius 2 is 0.950 bits per heavy atom. The van der Waals surface area contributed by atoms with E-state index in [-0.39, 0.29) is 11.6 Å². The second kappa shape index (κ2) is 6.95. The number of carbonyl (C=O) groups is 2. The molecule has 2 nitrogen and oxygen atoms in total. The van der Waals surface area contributed by atoms with E-state index in [1.165, 1.54) is 0 Å². The van der Waals surface area contributed by atoms with Gasteiger partial charge in [-0.25, -0.2) is 0 Å². The van der Waals surface area contributed by atoms with Gasteiger partial charge in [-0.3, -0.25) is 9.59 Å². The predicted molar refractivity (Wildman–Crippen MR) is 87.0 cm³/mol. The highest BCUT2D eigenvalue weighted by Crippen LogP contribution is 2.23. The van der Waals surface area contributed by atoms with Gasteiger partial charge in [0, 0.05) is 11.1 Å². The number of alkyl halides is 2. The number of hydrogen-bond donors (Lipinski definition) is 0. The molecule has 0 saturated heterocycles. The van der Waals surface area contributed by atoms with Gasteiger partial charge in [-0.1, -0.05) is 92.5 Å². The van der Waals surface area contributed by atoms with Crippen LogP contribution in [0.25, 0.3) is 0 Å². The summed E-state index contributed by atoms with van der Waals surface area (Å²) in [6, 6.07) is 17.9. The summed E-state index contributed by atoms with van der Waals surface area (Å²) < 4.78 is 0. The number of benzene rings is 2. The standard InChI is InChI=1S/C16H12Br2O2/c17-13(15(19)11-7-3-1-4-8-11)14(18)16(20)12-9-5-2-6-10-12/h1-10,13-14H/t13-,14-/m0/s1. The molecule has 0 aliphatic rings. The summed E-state index contributed by atoms with van der Waals surface area (Å²) in [6.45, 7) is 0. The molecule has 0 spiro atoms. The first kappa shape index (κ1) is 15.1. The minimum Gasteiger partial charge on any atom is -0.293 e. The van der Waals surface area contributed by atoms with Crippen LogP contribution in [0.2, 0.25) is 0 Å². The fourth-order valence-corrected chi connectivity index (χ4v) is 2.80. The van der Waals surface area contributed by atoms with Crippen LogP contribution in [0.3, 0.4) is 0 Å². The molecular formula is C16H12Br2O2. The summed E-state index contributed by atoms with van der Waals surface area (Å²) in [4.78, 5) is 23.4. The van der Waals surface area contributed by atoms with Gasteiger partial charge in [-0.2, -0.15) is 0 Å². The highest BCUT2D eigenvalue weighted by Gasteiger charge is 2.30. The molecule has 0 bridgehead atoms. The lowest BCUT2D eigenvalue weighted by molar-refractivity contribution is 0.0934. The normalized spacial score (nSPS) is 13.5. The van der Waals surface area contributed by atoms with Crippen LogP contribution in [0.4, 0.5) is 0 Å². The quantitative estimate of drug-likeness (QED) is 0.559. The lowest BCUT2D eigenvalue weighted by atomic mass is 10.0. The summed E-state index contributed by atoms with van der Waals surface area (Å²) in [6.07, 6.45) is 0. The fourth-order valence-electron chi connectivity index (χ4n) is 1.79. The smallest absolute Gasteiger partial charge is 0.178 e. The first-order chi connectivity index (χ1) is 9.61. The van der Waals surface area contributed by atoms with Gasteiger partial charge in [0.2, 0.25) is 0 Å². The van der Waals surface area contributed by atoms with E-state index in [0.717, 1.165) is 0 Å². The highest BCUT2D eigenvalue weighted by atomic mass is 79.9. The van der Waals surface area contributed by atoms with Crippen molar-refractivity contribution >= 4 is 43.4 Å². The summed E-state index contributed by atoms with van der Waals surface area (Å²) in [5.41, 5.74) is 1.17. The number of hydrogen-bond acceptors (Lipinski definition) is 2. The van der Waals surface area contributed by atoms with Crippen molar-refractivity contribution in [1.82, 2.24) is 0 Å². The fraction of sp³-hybridized carbons (Fsp3) is 0.125. The van der Waals surface area contributed by atoms with E-state index in [1.54, 1.807) is 48.5 Å². The van der Waals surface area contributed by atoms with E-state index in [4.69, 9.17) is 0 Å². The molecule has 0 aliphatic carbocycles. The van der Waals surface area contributed by atoms with Gasteiger partial charge in [0.05, 0.1) is 9.65 Å². The van der Waals surface area contributed by atoms with Crippen molar-refractivity contribution in [3.63, 3.8) is 0 Å². The third-order valence-electron chi connectivity index (χ3n) is 2.87. The van der Waals surface area contributed by atoms with Gasteiger partial charge in [0.25, 0.3) is 0 Å². The summed E-state index contributed by atoms with van der Waals surface area (Å²) in [7, 11) is 0.